The Balaban J connectivity index is 2.38. The summed E-state index contributed by atoms with van der Waals surface area (Å²) in [6, 6.07) is 8.90. The molecule has 0 saturated carbocycles. The third-order valence-corrected chi connectivity index (χ3v) is 7.55. The lowest BCUT2D eigenvalue weighted by atomic mass is 10.1. The zero-order valence-electron chi connectivity index (χ0n) is 22.4. The van der Waals surface area contributed by atoms with Crippen LogP contribution in [0.5, 0.6) is 5.75 Å². The molecule has 2 rings (SSSR count). The Bertz CT molecular complexity index is 1290. The van der Waals surface area contributed by atoms with E-state index in [9.17, 15) is 26.4 Å². The molecule has 14 heteroatoms. The Hall–Kier alpha value is -3.81. The van der Waals surface area contributed by atoms with E-state index in [1.54, 1.807) is 13.0 Å². The van der Waals surface area contributed by atoms with Crippen LogP contribution in [0.1, 0.15) is 43.7 Å². The number of carbonyl (C=O) groups excluding carboxylic acids is 1. The Morgan fingerprint density at radius 2 is 1.85 bits per heavy atom. The summed E-state index contributed by atoms with van der Waals surface area (Å²) in [6.45, 7) is 6.72. The SMILES string of the molecule is C=NN(CCOc1cccc(N(CCCCCC(=O)OCC)S(=O)(=O)c2cc(C)ccc2C(F)(F)F)c1)C(=N)N. The summed E-state index contributed by atoms with van der Waals surface area (Å²) in [5.41, 5.74) is 4.57. The van der Waals surface area contributed by atoms with E-state index >= 15 is 0 Å². The molecule has 0 atom stereocenters. The van der Waals surface area contributed by atoms with Gasteiger partial charge in [0.1, 0.15) is 12.4 Å². The maximum atomic E-state index is 13.8. The van der Waals surface area contributed by atoms with Crippen LogP contribution in [0.15, 0.2) is 52.5 Å². The van der Waals surface area contributed by atoms with Crippen molar-refractivity contribution in [3.8, 4) is 5.75 Å². The Kier molecular flexibility index (Phi) is 11.8. The van der Waals surface area contributed by atoms with Gasteiger partial charge in [0.2, 0.25) is 5.96 Å². The molecule has 2 aromatic carbocycles. The summed E-state index contributed by atoms with van der Waals surface area (Å²) in [6.07, 6.45) is -3.60. The molecule has 0 amide bonds. The van der Waals surface area contributed by atoms with Crippen LogP contribution < -0.4 is 14.8 Å². The van der Waals surface area contributed by atoms with Crippen molar-refractivity contribution in [1.82, 2.24) is 5.01 Å². The highest BCUT2D eigenvalue weighted by molar-refractivity contribution is 7.92. The molecule has 40 heavy (non-hydrogen) atoms. The second-order valence-corrected chi connectivity index (χ2v) is 10.5. The first-order chi connectivity index (χ1) is 18.8. The van der Waals surface area contributed by atoms with E-state index in [-0.39, 0.29) is 62.5 Å². The van der Waals surface area contributed by atoms with Gasteiger partial charge in [-0.15, -0.1) is 0 Å². The van der Waals surface area contributed by atoms with Crippen LogP contribution in [0, 0.1) is 12.3 Å². The number of rotatable bonds is 15. The van der Waals surface area contributed by atoms with Crippen LogP contribution in [0.25, 0.3) is 0 Å². The second-order valence-electron chi connectivity index (χ2n) is 8.69. The summed E-state index contributed by atoms with van der Waals surface area (Å²) in [5, 5.41) is 12.1. The molecule has 3 N–H and O–H groups in total. The zero-order chi connectivity index (χ0) is 29.9. The number of hydrogen-bond acceptors (Lipinski definition) is 7. The van der Waals surface area contributed by atoms with Crippen LogP contribution in [0.3, 0.4) is 0 Å². The first-order valence-electron chi connectivity index (χ1n) is 12.5. The summed E-state index contributed by atoms with van der Waals surface area (Å²) in [4.78, 5) is 10.8. The Morgan fingerprint density at radius 1 is 1.12 bits per heavy atom. The van der Waals surface area contributed by atoms with Crippen LogP contribution in [-0.4, -0.2) is 58.4 Å². The summed E-state index contributed by atoms with van der Waals surface area (Å²) >= 11 is 0. The Morgan fingerprint density at radius 3 is 2.48 bits per heavy atom. The van der Waals surface area contributed by atoms with Gasteiger partial charge in [0.15, 0.2) is 0 Å². The minimum absolute atomic E-state index is 0.0127. The maximum absolute atomic E-state index is 13.8. The molecule has 0 fully saturated rings. The molecule has 0 spiro atoms. The molecule has 0 aromatic heterocycles. The molecule has 0 aliphatic heterocycles. The van der Waals surface area contributed by atoms with Crippen molar-refractivity contribution >= 4 is 34.4 Å². The highest BCUT2D eigenvalue weighted by Gasteiger charge is 2.39. The van der Waals surface area contributed by atoms with Gasteiger partial charge in [-0.3, -0.25) is 14.5 Å². The molecular weight excluding hydrogens is 551 g/mol. The predicted molar refractivity (Wildman–Crippen MR) is 146 cm³/mol. The third-order valence-electron chi connectivity index (χ3n) is 5.68. The number of sulfonamides is 1. The fourth-order valence-corrected chi connectivity index (χ4v) is 5.56. The van der Waals surface area contributed by atoms with E-state index < -0.39 is 26.7 Å². The van der Waals surface area contributed by atoms with Crippen LogP contribution in [0.4, 0.5) is 18.9 Å². The van der Waals surface area contributed by atoms with Crippen molar-refractivity contribution in [3.05, 3.63) is 53.6 Å². The van der Waals surface area contributed by atoms with Crippen molar-refractivity contribution < 1.29 is 35.9 Å². The lowest BCUT2D eigenvalue weighted by Crippen LogP contribution is -2.35. The average molecular weight is 586 g/mol. The molecule has 0 aliphatic rings. The van der Waals surface area contributed by atoms with Gasteiger partial charge < -0.3 is 15.2 Å². The number of hydrogen-bond donors (Lipinski definition) is 2. The number of ether oxygens (including phenoxy) is 2. The smallest absolute Gasteiger partial charge is 0.417 e. The third kappa shape index (κ3) is 9.14. The number of hydrazone groups is 1. The molecule has 2 aromatic rings. The number of guanidine groups is 1. The second kappa shape index (κ2) is 14.5. The van der Waals surface area contributed by atoms with Crippen molar-refractivity contribution in [2.75, 3.05) is 30.6 Å². The van der Waals surface area contributed by atoms with Crippen molar-refractivity contribution in [2.45, 2.75) is 50.6 Å². The summed E-state index contributed by atoms with van der Waals surface area (Å²) in [5.74, 6) is -0.472. The molecule has 0 bridgehead atoms. The van der Waals surface area contributed by atoms with Crippen LogP contribution in [0.2, 0.25) is 0 Å². The normalized spacial score (nSPS) is 11.5. The minimum atomic E-state index is -4.89. The van der Waals surface area contributed by atoms with Gasteiger partial charge in [0.05, 0.1) is 29.3 Å². The van der Waals surface area contributed by atoms with E-state index in [2.05, 4.69) is 11.8 Å². The number of anilines is 1. The predicted octanol–water partition coefficient (Wildman–Crippen LogP) is 4.52. The zero-order valence-corrected chi connectivity index (χ0v) is 23.2. The Labute approximate surface area is 232 Å². The van der Waals surface area contributed by atoms with E-state index in [4.69, 9.17) is 20.6 Å². The van der Waals surface area contributed by atoms with Gasteiger partial charge in [-0.2, -0.15) is 18.3 Å². The number of aryl methyl sites for hydroxylation is 1. The van der Waals surface area contributed by atoms with E-state index in [1.165, 1.54) is 31.2 Å². The number of nitrogens with zero attached hydrogens (tertiary/aromatic N) is 3. The largest absolute Gasteiger partial charge is 0.492 e. The first-order valence-corrected chi connectivity index (χ1v) is 13.9. The number of esters is 1. The number of alkyl halides is 3. The van der Waals surface area contributed by atoms with Crippen molar-refractivity contribution in [3.63, 3.8) is 0 Å². The van der Waals surface area contributed by atoms with E-state index in [0.29, 0.717) is 18.4 Å². The lowest BCUT2D eigenvalue weighted by Gasteiger charge is -2.27. The number of unbranched alkanes of at least 4 members (excludes halogenated alkanes) is 2. The van der Waals surface area contributed by atoms with Gasteiger partial charge in [-0.25, -0.2) is 13.4 Å². The molecule has 0 radical (unpaired) electrons. The molecule has 10 nitrogen and oxygen atoms in total. The maximum Gasteiger partial charge on any atom is 0.417 e. The van der Waals surface area contributed by atoms with Gasteiger partial charge in [0.25, 0.3) is 10.0 Å². The van der Waals surface area contributed by atoms with Crippen molar-refractivity contribution in [2.24, 2.45) is 10.8 Å². The number of benzene rings is 2. The standard InChI is InChI=1S/C26H34F3N5O5S/c1-4-38-24(35)11-6-5-7-14-34(40(36,37)23-17-19(2)12-13-22(23)26(27,28)29)20-9-8-10-21(18-20)39-16-15-33(32-3)25(30)31/h8-10,12-13,17-18H,3-7,11,14-16H2,1-2H3,(H3,30,31). The summed E-state index contributed by atoms with van der Waals surface area (Å²) in [7, 11) is -4.68. The molecular formula is C26H34F3N5O5S. The van der Waals surface area contributed by atoms with Gasteiger partial charge in [-0.1, -0.05) is 18.6 Å². The van der Waals surface area contributed by atoms with Crippen molar-refractivity contribution in [1.29, 1.82) is 5.41 Å². The molecule has 220 valence electrons. The van der Waals surface area contributed by atoms with Crippen LogP contribution >= 0.6 is 0 Å². The quantitative estimate of drug-likeness (QED) is 0.103. The molecule has 0 aliphatic carbocycles. The first kappa shape index (κ1) is 32.4. The average Bonchev–Trinajstić information content (AvgIpc) is 2.88. The van der Waals surface area contributed by atoms with Crippen LogP contribution in [-0.2, 0) is 25.7 Å². The monoisotopic (exact) mass is 585 g/mol. The van der Waals surface area contributed by atoms with E-state index in [0.717, 1.165) is 21.4 Å². The number of nitrogens with one attached hydrogen (secondary N) is 1. The minimum Gasteiger partial charge on any atom is -0.492 e. The highest BCUT2D eigenvalue weighted by atomic mass is 32.2. The lowest BCUT2D eigenvalue weighted by molar-refractivity contribution is -0.143. The fraction of sp³-hybridized carbons (Fsp3) is 0.423. The van der Waals surface area contributed by atoms with Gasteiger partial charge >= 0.3 is 12.1 Å². The number of carbonyl (C=O) groups is 1. The highest BCUT2D eigenvalue weighted by Crippen LogP contribution is 2.37. The molecule has 0 unspecified atom stereocenters. The molecule has 0 heterocycles. The number of halogens is 3. The van der Waals surface area contributed by atoms with Gasteiger partial charge in [-0.05, 0) is 56.5 Å². The topological polar surface area (TPSA) is 138 Å². The number of nitrogens with two attached hydrogens (primary N) is 1. The fourth-order valence-electron chi connectivity index (χ4n) is 3.76. The summed E-state index contributed by atoms with van der Waals surface area (Å²) < 4.78 is 80.5. The van der Waals surface area contributed by atoms with E-state index in [1.807, 2.05) is 0 Å². The molecule has 0 saturated heterocycles. The van der Waals surface area contributed by atoms with Gasteiger partial charge in [0, 0.05) is 25.7 Å².